The lowest BCUT2D eigenvalue weighted by Crippen LogP contribution is -2.39. The van der Waals surface area contributed by atoms with E-state index in [1.54, 1.807) is 0 Å². The molecule has 122 valence electrons. The van der Waals surface area contributed by atoms with E-state index in [4.69, 9.17) is 0 Å². The third-order valence-corrected chi connectivity index (χ3v) is 4.93. The molecule has 0 saturated carbocycles. The van der Waals surface area contributed by atoms with Gasteiger partial charge in [0.15, 0.2) is 0 Å². The first-order valence-electron chi connectivity index (χ1n) is 8.58. The van der Waals surface area contributed by atoms with Gasteiger partial charge in [-0.2, -0.15) is 0 Å². The first kappa shape index (κ1) is 15.9. The zero-order chi connectivity index (χ0) is 16.2. The van der Waals surface area contributed by atoms with Crippen LogP contribution < -0.4 is 0 Å². The zero-order valence-electron chi connectivity index (χ0n) is 14.1. The van der Waals surface area contributed by atoms with Gasteiger partial charge in [-0.25, -0.2) is 0 Å². The Hall–Kier alpha value is -2.03. The molecule has 0 atom stereocenters. The van der Waals surface area contributed by atoms with Crippen molar-refractivity contribution < 1.29 is 4.79 Å². The molecule has 1 aliphatic rings. The molecule has 0 unspecified atom stereocenters. The summed E-state index contributed by atoms with van der Waals surface area (Å²) in [6.07, 6.45) is 3.90. The second-order valence-corrected chi connectivity index (χ2v) is 6.79. The average molecular weight is 310 g/mol. The van der Waals surface area contributed by atoms with Crippen molar-refractivity contribution in [2.45, 2.75) is 39.5 Å². The first-order chi connectivity index (χ1) is 11.1. The highest BCUT2D eigenvalue weighted by molar-refractivity contribution is 5.79. The number of benzene rings is 1. The van der Waals surface area contributed by atoms with Crippen molar-refractivity contribution in [3.63, 3.8) is 0 Å². The summed E-state index contributed by atoms with van der Waals surface area (Å²) in [5, 5.41) is 0. The summed E-state index contributed by atoms with van der Waals surface area (Å²) in [6.45, 7) is 5.88. The number of H-pyrrole nitrogens is 1. The van der Waals surface area contributed by atoms with Gasteiger partial charge in [0.05, 0.1) is 6.42 Å². The van der Waals surface area contributed by atoms with Crippen LogP contribution in [-0.4, -0.2) is 28.9 Å². The molecule has 3 nitrogen and oxygen atoms in total. The zero-order valence-corrected chi connectivity index (χ0v) is 14.1. The van der Waals surface area contributed by atoms with E-state index in [1.165, 1.54) is 5.56 Å². The van der Waals surface area contributed by atoms with Crippen molar-refractivity contribution in [3.8, 4) is 0 Å². The Morgan fingerprint density at radius 1 is 1.17 bits per heavy atom. The second-order valence-electron chi connectivity index (χ2n) is 6.79. The topological polar surface area (TPSA) is 36.1 Å². The Labute approximate surface area is 138 Å². The minimum absolute atomic E-state index is 0.269. The highest BCUT2D eigenvalue weighted by atomic mass is 16.2. The molecule has 3 heteroatoms. The van der Waals surface area contributed by atoms with E-state index in [0.717, 1.165) is 49.3 Å². The number of aromatic nitrogens is 1. The number of nitrogens with zero attached hydrogens (tertiary/aromatic N) is 1. The molecule has 2 heterocycles. The van der Waals surface area contributed by atoms with E-state index in [2.05, 4.69) is 41.4 Å². The number of piperidine rings is 1. The molecule has 3 rings (SSSR count). The van der Waals surface area contributed by atoms with Crippen LogP contribution in [0.1, 0.15) is 35.4 Å². The largest absolute Gasteiger partial charge is 0.362 e. The molecule has 0 spiro atoms. The van der Waals surface area contributed by atoms with E-state index >= 15 is 0 Å². The number of rotatable bonds is 4. The number of carbonyl (C=O) groups is 1. The van der Waals surface area contributed by atoms with Gasteiger partial charge in [0.2, 0.25) is 5.91 Å². The molecular formula is C20H26N2O. The van der Waals surface area contributed by atoms with Crippen LogP contribution in [0.2, 0.25) is 0 Å². The number of aryl methyl sites for hydroxylation is 2. The third kappa shape index (κ3) is 4.04. The average Bonchev–Trinajstić information content (AvgIpc) is 2.86. The van der Waals surface area contributed by atoms with Crippen molar-refractivity contribution in [1.29, 1.82) is 0 Å². The van der Waals surface area contributed by atoms with Gasteiger partial charge >= 0.3 is 0 Å². The molecule has 1 aliphatic heterocycles. The van der Waals surface area contributed by atoms with Gasteiger partial charge in [0, 0.05) is 24.5 Å². The highest BCUT2D eigenvalue weighted by Gasteiger charge is 2.23. The van der Waals surface area contributed by atoms with E-state index in [-0.39, 0.29) is 5.91 Å². The fraction of sp³-hybridized carbons (Fsp3) is 0.450. The van der Waals surface area contributed by atoms with E-state index in [0.29, 0.717) is 12.3 Å². The number of likely N-dealkylation sites (tertiary alicyclic amines) is 1. The van der Waals surface area contributed by atoms with Crippen molar-refractivity contribution in [2.75, 3.05) is 13.1 Å². The fourth-order valence-electron chi connectivity index (χ4n) is 3.57. The molecule has 1 amide bonds. The molecule has 0 radical (unpaired) electrons. The summed E-state index contributed by atoms with van der Waals surface area (Å²) in [6, 6.07) is 12.8. The maximum atomic E-state index is 12.5. The lowest BCUT2D eigenvalue weighted by Gasteiger charge is -2.32. The van der Waals surface area contributed by atoms with Crippen molar-refractivity contribution >= 4 is 5.91 Å². The van der Waals surface area contributed by atoms with Crippen LogP contribution in [0.15, 0.2) is 36.4 Å². The van der Waals surface area contributed by atoms with Crippen molar-refractivity contribution in [1.82, 2.24) is 9.88 Å². The van der Waals surface area contributed by atoms with E-state index < -0.39 is 0 Å². The lowest BCUT2D eigenvalue weighted by atomic mass is 9.90. The standard InChI is InChI=1S/C20H26N2O/c1-15-12-19(16(2)21-15)14-20(23)22-10-8-18(9-11-22)13-17-6-4-3-5-7-17/h3-7,12,18,21H,8-11,13-14H2,1-2H3. The molecule has 1 aromatic carbocycles. The highest BCUT2D eigenvalue weighted by Crippen LogP contribution is 2.22. The number of amides is 1. The molecule has 1 fully saturated rings. The Morgan fingerprint density at radius 3 is 2.48 bits per heavy atom. The van der Waals surface area contributed by atoms with Gasteiger partial charge in [-0.05, 0) is 56.2 Å². The van der Waals surface area contributed by atoms with Crippen molar-refractivity contribution in [3.05, 3.63) is 58.9 Å². The maximum Gasteiger partial charge on any atom is 0.227 e. The molecule has 2 aromatic rings. The summed E-state index contributed by atoms with van der Waals surface area (Å²) >= 11 is 0. The van der Waals surface area contributed by atoms with Crippen LogP contribution in [0.4, 0.5) is 0 Å². The second kappa shape index (κ2) is 7.03. The molecule has 1 aromatic heterocycles. The lowest BCUT2D eigenvalue weighted by molar-refractivity contribution is -0.131. The van der Waals surface area contributed by atoms with E-state index in [1.807, 2.05) is 18.7 Å². The number of hydrogen-bond donors (Lipinski definition) is 1. The Morgan fingerprint density at radius 2 is 1.87 bits per heavy atom. The maximum absolute atomic E-state index is 12.5. The Bertz CT molecular complexity index is 652. The van der Waals surface area contributed by atoms with E-state index in [9.17, 15) is 4.79 Å². The van der Waals surface area contributed by atoms with Crippen LogP contribution >= 0.6 is 0 Å². The minimum Gasteiger partial charge on any atom is -0.362 e. The monoisotopic (exact) mass is 310 g/mol. The van der Waals surface area contributed by atoms with Crippen LogP contribution in [-0.2, 0) is 17.6 Å². The molecule has 0 bridgehead atoms. The number of hydrogen-bond acceptors (Lipinski definition) is 1. The van der Waals surface area contributed by atoms with Crippen LogP contribution in [0.5, 0.6) is 0 Å². The third-order valence-electron chi connectivity index (χ3n) is 4.93. The van der Waals surface area contributed by atoms with Gasteiger partial charge in [0.25, 0.3) is 0 Å². The molecular weight excluding hydrogens is 284 g/mol. The fourth-order valence-corrected chi connectivity index (χ4v) is 3.57. The molecule has 1 N–H and O–H groups in total. The number of aromatic amines is 1. The SMILES string of the molecule is Cc1cc(CC(=O)N2CCC(Cc3ccccc3)CC2)c(C)[nH]1. The van der Waals surface area contributed by atoms with Crippen LogP contribution in [0.25, 0.3) is 0 Å². The first-order valence-corrected chi connectivity index (χ1v) is 8.58. The summed E-state index contributed by atoms with van der Waals surface area (Å²) in [5.74, 6) is 0.975. The predicted molar refractivity (Wildman–Crippen MR) is 93.4 cm³/mol. The van der Waals surface area contributed by atoms with Crippen LogP contribution in [0, 0.1) is 19.8 Å². The van der Waals surface area contributed by atoms with Gasteiger partial charge in [-0.1, -0.05) is 30.3 Å². The predicted octanol–water partition coefficient (Wildman–Crippen LogP) is 3.66. The quantitative estimate of drug-likeness (QED) is 0.919. The molecule has 1 saturated heterocycles. The number of nitrogens with one attached hydrogen (secondary N) is 1. The molecule has 0 aliphatic carbocycles. The van der Waals surface area contributed by atoms with Gasteiger partial charge in [-0.3, -0.25) is 4.79 Å². The summed E-state index contributed by atoms with van der Waals surface area (Å²) in [4.78, 5) is 17.8. The Kier molecular flexibility index (Phi) is 4.85. The smallest absolute Gasteiger partial charge is 0.227 e. The number of carbonyl (C=O) groups excluding carboxylic acids is 1. The van der Waals surface area contributed by atoms with Crippen molar-refractivity contribution in [2.24, 2.45) is 5.92 Å². The Balaban J connectivity index is 1.50. The summed E-state index contributed by atoms with van der Waals surface area (Å²) in [7, 11) is 0. The van der Waals surface area contributed by atoms with Gasteiger partial charge in [0.1, 0.15) is 0 Å². The summed E-state index contributed by atoms with van der Waals surface area (Å²) in [5.41, 5.74) is 4.80. The van der Waals surface area contributed by atoms with Crippen LogP contribution in [0.3, 0.4) is 0 Å². The normalized spacial score (nSPS) is 15.8. The summed E-state index contributed by atoms with van der Waals surface area (Å²) < 4.78 is 0. The molecule has 23 heavy (non-hydrogen) atoms. The van der Waals surface area contributed by atoms with Gasteiger partial charge < -0.3 is 9.88 Å². The minimum atomic E-state index is 0.269. The van der Waals surface area contributed by atoms with Gasteiger partial charge in [-0.15, -0.1) is 0 Å².